The summed E-state index contributed by atoms with van der Waals surface area (Å²) in [5.74, 6) is 0. The number of nitrogens with zero attached hydrogens (tertiary/aromatic N) is 3. The molecule has 0 atom stereocenters. The fourth-order valence-corrected chi connectivity index (χ4v) is 3.69. The molecule has 1 N–H and O–H groups in total. The summed E-state index contributed by atoms with van der Waals surface area (Å²) >= 11 is 0. The zero-order valence-electron chi connectivity index (χ0n) is 16.4. The summed E-state index contributed by atoms with van der Waals surface area (Å²) in [4.78, 5) is 30.1. The van der Waals surface area contributed by atoms with E-state index in [1.807, 2.05) is 35.2 Å². The first-order valence-electron chi connectivity index (χ1n) is 10.0. The predicted octanol–water partition coefficient (Wildman–Crippen LogP) is 2.99. The number of cyclic esters (lactones) is 1. The van der Waals surface area contributed by atoms with Gasteiger partial charge in [0.05, 0.1) is 6.54 Å². The van der Waals surface area contributed by atoms with Crippen LogP contribution in [0.25, 0.3) is 0 Å². The molecule has 0 radical (unpaired) electrons. The van der Waals surface area contributed by atoms with Gasteiger partial charge in [-0.3, -0.25) is 4.90 Å². The second-order valence-electron chi connectivity index (χ2n) is 7.42. The highest BCUT2D eigenvalue weighted by Crippen LogP contribution is 2.16. The van der Waals surface area contributed by atoms with Gasteiger partial charge in [-0.2, -0.15) is 0 Å². The molecule has 0 aromatic heterocycles. The van der Waals surface area contributed by atoms with Crippen LogP contribution in [0.4, 0.5) is 15.3 Å². The molecule has 7 nitrogen and oxygen atoms in total. The standard InChI is InChI=1S/C22H26N4O3/c27-21(25-11-9-24(10-12-25)16-18-5-2-1-3-6-18)23-20-8-4-7-19(15-20)17-26-13-14-29-22(26)28/h1-8,15H,9-14,16-17H2,(H,23,27). The van der Waals surface area contributed by atoms with Gasteiger partial charge in [0.15, 0.2) is 0 Å². The first kappa shape index (κ1) is 19.3. The van der Waals surface area contributed by atoms with Crippen molar-refractivity contribution in [2.75, 3.05) is 44.6 Å². The number of hydrogen-bond donors (Lipinski definition) is 1. The highest BCUT2D eigenvalue weighted by Gasteiger charge is 2.23. The van der Waals surface area contributed by atoms with E-state index >= 15 is 0 Å². The molecule has 29 heavy (non-hydrogen) atoms. The van der Waals surface area contributed by atoms with Crippen molar-refractivity contribution in [1.82, 2.24) is 14.7 Å². The van der Waals surface area contributed by atoms with Gasteiger partial charge in [-0.15, -0.1) is 0 Å². The Balaban J connectivity index is 1.27. The molecule has 2 aromatic rings. The summed E-state index contributed by atoms with van der Waals surface area (Å²) in [6, 6.07) is 17.9. The Kier molecular flexibility index (Phi) is 5.95. The summed E-state index contributed by atoms with van der Waals surface area (Å²) < 4.78 is 4.96. The van der Waals surface area contributed by atoms with Gasteiger partial charge in [0, 0.05) is 45.0 Å². The number of piperazine rings is 1. The third-order valence-corrected chi connectivity index (χ3v) is 5.31. The van der Waals surface area contributed by atoms with Gasteiger partial charge in [0.25, 0.3) is 0 Å². The zero-order valence-corrected chi connectivity index (χ0v) is 16.4. The summed E-state index contributed by atoms with van der Waals surface area (Å²) in [5.41, 5.74) is 3.00. The molecule has 0 saturated carbocycles. The average Bonchev–Trinajstić information content (AvgIpc) is 3.14. The lowest BCUT2D eigenvalue weighted by Crippen LogP contribution is -2.49. The van der Waals surface area contributed by atoms with Crippen LogP contribution in [0.3, 0.4) is 0 Å². The second kappa shape index (κ2) is 8.96. The lowest BCUT2D eigenvalue weighted by Gasteiger charge is -2.34. The third kappa shape index (κ3) is 5.06. The number of rotatable bonds is 5. The SMILES string of the molecule is O=C(Nc1cccc(CN2CCOC2=O)c1)N1CCN(Cc2ccccc2)CC1. The molecule has 3 amide bonds. The van der Waals surface area contributed by atoms with Crippen molar-refractivity contribution in [2.24, 2.45) is 0 Å². The first-order valence-corrected chi connectivity index (χ1v) is 10.0. The maximum Gasteiger partial charge on any atom is 0.410 e. The van der Waals surface area contributed by atoms with E-state index in [0.29, 0.717) is 32.8 Å². The molecule has 152 valence electrons. The van der Waals surface area contributed by atoms with Crippen LogP contribution in [-0.2, 0) is 17.8 Å². The van der Waals surface area contributed by atoms with Crippen LogP contribution in [0.2, 0.25) is 0 Å². The number of anilines is 1. The van der Waals surface area contributed by atoms with Crippen LogP contribution in [0.5, 0.6) is 0 Å². The molecule has 0 aliphatic carbocycles. The largest absolute Gasteiger partial charge is 0.448 e. The van der Waals surface area contributed by atoms with Crippen LogP contribution in [0.1, 0.15) is 11.1 Å². The van der Waals surface area contributed by atoms with Crippen LogP contribution in [-0.4, -0.2) is 66.2 Å². The number of ether oxygens (including phenoxy) is 1. The smallest absolute Gasteiger partial charge is 0.410 e. The third-order valence-electron chi connectivity index (χ3n) is 5.31. The highest BCUT2D eigenvalue weighted by atomic mass is 16.6. The molecule has 0 bridgehead atoms. The van der Waals surface area contributed by atoms with Gasteiger partial charge in [0.2, 0.25) is 0 Å². The van der Waals surface area contributed by atoms with Crippen LogP contribution < -0.4 is 5.32 Å². The van der Waals surface area contributed by atoms with Crippen LogP contribution in [0.15, 0.2) is 54.6 Å². The van der Waals surface area contributed by atoms with E-state index in [0.717, 1.165) is 30.9 Å². The van der Waals surface area contributed by atoms with Crippen molar-refractivity contribution >= 4 is 17.8 Å². The van der Waals surface area contributed by atoms with E-state index in [-0.39, 0.29) is 12.1 Å². The highest BCUT2D eigenvalue weighted by molar-refractivity contribution is 5.89. The molecule has 2 aliphatic rings. The van der Waals surface area contributed by atoms with Crippen molar-refractivity contribution < 1.29 is 14.3 Å². The summed E-state index contributed by atoms with van der Waals surface area (Å²) in [5, 5.41) is 2.99. The quantitative estimate of drug-likeness (QED) is 0.847. The Bertz CT molecular complexity index is 850. The maximum absolute atomic E-state index is 12.7. The summed E-state index contributed by atoms with van der Waals surface area (Å²) in [7, 11) is 0. The number of hydrogen-bond acceptors (Lipinski definition) is 4. The molecule has 2 heterocycles. The molecule has 2 fully saturated rings. The second-order valence-corrected chi connectivity index (χ2v) is 7.42. The average molecular weight is 394 g/mol. The molecule has 2 aromatic carbocycles. The number of nitrogens with one attached hydrogen (secondary N) is 1. The lowest BCUT2D eigenvalue weighted by molar-refractivity contribution is 0.143. The number of urea groups is 1. The minimum atomic E-state index is -0.284. The zero-order chi connectivity index (χ0) is 20.1. The van der Waals surface area contributed by atoms with Crippen molar-refractivity contribution in [3.63, 3.8) is 0 Å². The molecular weight excluding hydrogens is 368 g/mol. The normalized spacial score (nSPS) is 17.3. The Morgan fingerprint density at radius 3 is 2.38 bits per heavy atom. The van der Waals surface area contributed by atoms with Crippen molar-refractivity contribution in [3.05, 3.63) is 65.7 Å². The Morgan fingerprint density at radius 1 is 0.897 bits per heavy atom. The fourth-order valence-electron chi connectivity index (χ4n) is 3.69. The van der Waals surface area contributed by atoms with E-state index in [9.17, 15) is 9.59 Å². The number of amides is 3. The van der Waals surface area contributed by atoms with Gasteiger partial charge < -0.3 is 19.9 Å². The minimum Gasteiger partial charge on any atom is -0.448 e. The van der Waals surface area contributed by atoms with E-state index in [1.165, 1.54) is 5.56 Å². The van der Waals surface area contributed by atoms with Crippen molar-refractivity contribution in [1.29, 1.82) is 0 Å². The lowest BCUT2D eigenvalue weighted by atomic mass is 10.2. The number of carbonyl (C=O) groups is 2. The Morgan fingerprint density at radius 2 is 1.66 bits per heavy atom. The van der Waals surface area contributed by atoms with Gasteiger partial charge >= 0.3 is 12.1 Å². The van der Waals surface area contributed by atoms with E-state index < -0.39 is 0 Å². The monoisotopic (exact) mass is 394 g/mol. The Labute approximate surface area is 170 Å². The first-order chi connectivity index (χ1) is 14.2. The number of carbonyl (C=O) groups excluding carboxylic acids is 2. The summed E-state index contributed by atoms with van der Waals surface area (Å²) in [6.45, 7) is 5.57. The summed E-state index contributed by atoms with van der Waals surface area (Å²) in [6.07, 6.45) is -0.284. The molecule has 0 spiro atoms. The molecule has 7 heteroatoms. The maximum atomic E-state index is 12.7. The Hall–Kier alpha value is -3.06. The minimum absolute atomic E-state index is 0.0814. The van der Waals surface area contributed by atoms with E-state index in [4.69, 9.17) is 4.74 Å². The predicted molar refractivity (Wildman–Crippen MR) is 111 cm³/mol. The van der Waals surface area contributed by atoms with E-state index in [2.05, 4.69) is 34.5 Å². The van der Waals surface area contributed by atoms with Crippen molar-refractivity contribution in [2.45, 2.75) is 13.1 Å². The van der Waals surface area contributed by atoms with Gasteiger partial charge in [-0.25, -0.2) is 9.59 Å². The molecule has 4 rings (SSSR count). The molecular formula is C22H26N4O3. The molecule has 2 saturated heterocycles. The van der Waals surface area contributed by atoms with Crippen LogP contribution in [0, 0.1) is 0 Å². The fraction of sp³-hybridized carbons (Fsp3) is 0.364. The molecule has 0 unspecified atom stereocenters. The van der Waals surface area contributed by atoms with Gasteiger partial charge in [-0.1, -0.05) is 42.5 Å². The topological polar surface area (TPSA) is 65.1 Å². The van der Waals surface area contributed by atoms with Gasteiger partial charge in [-0.05, 0) is 23.3 Å². The number of benzene rings is 2. The van der Waals surface area contributed by atoms with E-state index in [1.54, 1.807) is 4.90 Å². The van der Waals surface area contributed by atoms with Crippen LogP contribution >= 0.6 is 0 Å². The van der Waals surface area contributed by atoms with Crippen molar-refractivity contribution in [3.8, 4) is 0 Å². The van der Waals surface area contributed by atoms with Gasteiger partial charge in [0.1, 0.15) is 6.61 Å². The molecule has 2 aliphatic heterocycles.